The Balaban J connectivity index is 2.17. The molecule has 1 aliphatic rings. The van der Waals surface area contributed by atoms with E-state index in [0.717, 1.165) is 64.2 Å². The Morgan fingerprint density at radius 1 is 0.645 bits per heavy atom. The topological polar surface area (TPSA) is 176 Å². The molecule has 62 heavy (non-hydrogen) atoms. The Hall–Kier alpha value is -2.49. The summed E-state index contributed by atoms with van der Waals surface area (Å²) in [6.45, 7) is 6.85. The number of aliphatic hydroxyl groups is 1. The number of carbonyl (C=O) groups excluding carboxylic acids is 2. The second kappa shape index (κ2) is 34.9. The lowest BCUT2D eigenvalue weighted by Crippen LogP contribution is -2.66. The third kappa shape index (κ3) is 24.5. The van der Waals surface area contributed by atoms with Gasteiger partial charge in [0.05, 0.1) is 19.8 Å². The molecule has 1 aliphatic heterocycles. The van der Waals surface area contributed by atoms with Crippen molar-refractivity contribution in [2.75, 3.05) is 26.9 Å². The first-order chi connectivity index (χ1) is 30.1. The van der Waals surface area contributed by atoms with Crippen molar-refractivity contribution in [2.24, 2.45) is 0 Å². The van der Waals surface area contributed by atoms with Crippen molar-refractivity contribution >= 4 is 22.3 Å². The van der Waals surface area contributed by atoms with Crippen LogP contribution in [0.15, 0.2) is 18.2 Å². The van der Waals surface area contributed by atoms with Crippen LogP contribution in [0.5, 0.6) is 11.5 Å². The molecule has 14 heteroatoms. The van der Waals surface area contributed by atoms with Crippen molar-refractivity contribution in [3.63, 3.8) is 0 Å². The van der Waals surface area contributed by atoms with Crippen molar-refractivity contribution < 1.29 is 55.5 Å². The summed E-state index contributed by atoms with van der Waals surface area (Å²) >= 11 is 0. The molecule has 3 N–H and O–H groups in total. The predicted molar refractivity (Wildman–Crippen MR) is 244 cm³/mol. The highest BCUT2D eigenvalue weighted by Crippen LogP contribution is 2.32. The number of esters is 1. The Morgan fingerprint density at radius 3 is 1.55 bits per heavy atom. The monoisotopic (exact) mass is 900 g/mol. The average Bonchev–Trinajstić information content (AvgIpc) is 3.25. The lowest BCUT2D eigenvalue weighted by molar-refractivity contribution is -0.261. The van der Waals surface area contributed by atoms with Gasteiger partial charge in [0.25, 0.3) is 5.91 Å². The summed E-state index contributed by atoms with van der Waals surface area (Å²) in [5, 5.41) is 13.0. The van der Waals surface area contributed by atoms with Crippen LogP contribution in [0.25, 0.3) is 0 Å². The van der Waals surface area contributed by atoms with Crippen LogP contribution in [0, 0.1) is 0 Å². The molecule has 13 nitrogen and oxygen atoms in total. The number of aliphatic hydroxyl groups excluding tert-OH is 1. The normalized spacial score (nSPS) is 19.0. The van der Waals surface area contributed by atoms with Gasteiger partial charge in [-0.05, 0) is 37.5 Å². The Morgan fingerprint density at radius 2 is 1.10 bits per heavy atom. The number of carbonyl (C=O) groups is 2. The van der Waals surface area contributed by atoms with E-state index < -0.39 is 59.5 Å². The molecule has 1 aromatic carbocycles. The minimum absolute atomic E-state index is 0.0368. The number of hydrogen-bond donors (Lipinski definition) is 3. The van der Waals surface area contributed by atoms with E-state index >= 15 is 0 Å². The van der Waals surface area contributed by atoms with Crippen LogP contribution in [0.3, 0.4) is 0 Å². The Bertz CT molecular complexity index is 1410. The first-order valence-corrected chi connectivity index (χ1v) is 25.8. The van der Waals surface area contributed by atoms with Gasteiger partial charge in [-0.3, -0.25) is 14.1 Å². The zero-order chi connectivity index (χ0) is 45.3. The van der Waals surface area contributed by atoms with Gasteiger partial charge in [0.2, 0.25) is 0 Å². The molecule has 0 aliphatic carbocycles. The number of rotatable bonds is 39. The number of ether oxygens (including phenoxy) is 5. The van der Waals surface area contributed by atoms with Crippen LogP contribution in [0.4, 0.5) is 0 Å². The van der Waals surface area contributed by atoms with Crippen LogP contribution in [-0.4, -0.2) is 87.5 Å². The summed E-state index contributed by atoms with van der Waals surface area (Å²) < 4.78 is 68.3. The van der Waals surface area contributed by atoms with Crippen molar-refractivity contribution in [1.29, 1.82) is 0 Å². The highest BCUT2D eigenvalue weighted by Gasteiger charge is 2.51. The minimum atomic E-state index is -5.12. The second-order valence-corrected chi connectivity index (χ2v) is 18.0. The van der Waals surface area contributed by atoms with E-state index in [1.165, 1.54) is 110 Å². The zero-order valence-electron chi connectivity index (χ0n) is 38.9. The summed E-state index contributed by atoms with van der Waals surface area (Å²) in [6.07, 6.45) is 24.8. The fraction of sp³-hybridized carbons (Fsp3) is 0.833. The lowest BCUT2D eigenvalue weighted by Gasteiger charge is -2.44. The van der Waals surface area contributed by atoms with E-state index in [-0.39, 0.29) is 12.0 Å². The highest BCUT2D eigenvalue weighted by atomic mass is 32.3. The van der Waals surface area contributed by atoms with Crippen molar-refractivity contribution in [3.05, 3.63) is 23.8 Å². The van der Waals surface area contributed by atoms with Gasteiger partial charge in [0.15, 0.2) is 23.9 Å². The second-order valence-electron chi connectivity index (χ2n) is 17.0. The molecule has 5 atom stereocenters. The molecule has 0 aromatic heterocycles. The van der Waals surface area contributed by atoms with Crippen molar-refractivity contribution in [1.82, 2.24) is 5.32 Å². The number of hydrogen-bond acceptors (Lipinski definition) is 11. The van der Waals surface area contributed by atoms with Gasteiger partial charge in [-0.2, -0.15) is 8.42 Å². The third-order valence-corrected chi connectivity index (χ3v) is 12.0. The van der Waals surface area contributed by atoms with Gasteiger partial charge < -0.3 is 34.1 Å². The first-order valence-electron chi connectivity index (χ1n) is 24.4. The summed E-state index contributed by atoms with van der Waals surface area (Å²) in [5.74, 6) is -0.323. The summed E-state index contributed by atoms with van der Waals surface area (Å²) in [7, 11) is -3.81. The van der Waals surface area contributed by atoms with E-state index in [1.54, 1.807) is 18.2 Å². The highest BCUT2D eigenvalue weighted by molar-refractivity contribution is 7.80. The number of unbranched alkanes of at least 4 members (excludes halogenated alkanes) is 24. The zero-order valence-corrected chi connectivity index (χ0v) is 39.7. The summed E-state index contributed by atoms with van der Waals surface area (Å²) in [4.78, 5) is 27.3. The fourth-order valence-electron chi connectivity index (χ4n) is 7.90. The molecule has 0 bridgehead atoms. The van der Waals surface area contributed by atoms with E-state index in [9.17, 15) is 27.7 Å². The molecule has 1 amide bonds. The molecular formula is C48H85NO12S. The lowest BCUT2D eigenvalue weighted by atomic mass is 9.96. The summed E-state index contributed by atoms with van der Waals surface area (Å²) in [5.41, 5.74) is 0.202. The Labute approximate surface area is 375 Å². The maximum absolute atomic E-state index is 14.0. The predicted octanol–water partition coefficient (Wildman–Crippen LogP) is 11.0. The molecule has 360 valence electrons. The van der Waals surface area contributed by atoms with Crippen molar-refractivity contribution in [3.8, 4) is 11.5 Å². The van der Waals surface area contributed by atoms with Gasteiger partial charge in [-0.25, -0.2) is 4.18 Å². The van der Waals surface area contributed by atoms with Crippen LogP contribution >= 0.6 is 0 Å². The Kier molecular flexibility index (Phi) is 31.3. The minimum Gasteiger partial charge on any atom is -0.490 e. The quantitative estimate of drug-likeness (QED) is 0.0324. The SMILES string of the molecule is CCCCCCCCCCCCCC(=O)O[C@H]1[C@H](OS(=O)(=O)O)[C@@H](CO)OC(OC)[C@@H]1NC(=O)c1ccc(OCCCCCCCCCC)c(OCCCCCCCCCC)c1. The average molecular weight is 900 g/mol. The molecule has 1 saturated heterocycles. The molecule has 0 saturated carbocycles. The largest absolute Gasteiger partial charge is 0.490 e. The van der Waals surface area contributed by atoms with Crippen molar-refractivity contribution in [2.45, 2.75) is 231 Å². The fourth-order valence-corrected chi connectivity index (χ4v) is 8.41. The molecule has 0 spiro atoms. The van der Waals surface area contributed by atoms with E-state index in [4.69, 9.17) is 27.9 Å². The molecule has 1 heterocycles. The van der Waals surface area contributed by atoms with Gasteiger partial charge in [0, 0.05) is 19.1 Å². The molecule has 1 aromatic rings. The molecule has 1 fully saturated rings. The van der Waals surface area contributed by atoms with Crippen LogP contribution in [-0.2, 0) is 33.6 Å². The molecule has 2 rings (SSSR count). The van der Waals surface area contributed by atoms with E-state index in [2.05, 4.69) is 26.1 Å². The molecular weight excluding hydrogens is 815 g/mol. The molecule has 1 unspecified atom stereocenters. The maximum atomic E-state index is 14.0. The molecule has 0 radical (unpaired) electrons. The van der Waals surface area contributed by atoms with E-state index in [0.29, 0.717) is 31.1 Å². The first kappa shape index (κ1) is 55.6. The third-order valence-electron chi connectivity index (χ3n) is 11.6. The number of methoxy groups -OCH3 is 1. The number of amides is 1. The number of nitrogens with one attached hydrogen (secondary N) is 1. The number of benzene rings is 1. The smallest absolute Gasteiger partial charge is 0.397 e. The van der Waals surface area contributed by atoms with Gasteiger partial charge in [-0.15, -0.1) is 0 Å². The van der Waals surface area contributed by atoms with Crippen LogP contribution < -0.4 is 14.8 Å². The van der Waals surface area contributed by atoms with Crippen LogP contribution in [0.2, 0.25) is 0 Å². The summed E-state index contributed by atoms with van der Waals surface area (Å²) in [6, 6.07) is 3.60. The van der Waals surface area contributed by atoms with Gasteiger partial charge >= 0.3 is 16.4 Å². The van der Waals surface area contributed by atoms with Crippen LogP contribution in [0.1, 0.15) is 211 Å². The van der Waals surface area contributed by atoms with E-state index in [1.807, 2.05) is 0 Å². The standard InChI is InChI=1S/C48H85NO12S/c1-5-8-11-14-17-20-21-22-23-26-29-32-43(51)60-46-44(48(56-4)59-42(38-50)45(46)61-62(53,54)55)49-47(52)39-33-34-40(57-35-30-27-24-18-15-12-9-6-2)41(37-39)58-36-31-28-25-19-16-13-10-7-3/h33-34,37,42,44-46,48,50H,5-32,35-36,38H2,1-4H3,(H,49,52)(H,53,54,55)/t42-,44-,45-,46-,48?/m1/s1. The van der Waals surface area contributed by atoms with Gasteiger partial charge in [0.1, 0.15) is 18.2 Å². The maximum Gasteiger partial charge on any atom is 0.397 e. The van der Waals surface area contributed by atoms with Gasteiger partial charge in [-0.1, -0.05) is 175 Å².